The van der Waals surface area contributed by atoms with E-state index in [1.165, 1.54) is 11.1 Å². The summed E-state index contributed by atoms with van der Waals surface area (Å²) >= 11 is 4.24. The van der Waals surface area contributed by atoms with Gasteiger partial charge in [0.25, 0.3) is 0 Å². The van der Waals surface area contributed by atoms with Crippen molar-refractivity contribution in [2.75, 3.05) is 0 Å². The van der Waals surface area contributed by atoms with Crippen LogP contribution in [0.5, 0.6) is 0 Å². The number of halogens is 2. The van der Waals surface area contributed by atoms with Crippen LogP contribution in [0.1, 0.15) is 38.8 Å². The molecule has 0 aliphatic rings. The molecular weight excluding hydrogens is 458 g/mol. The van der Waals surface area contributed by atoms with Crippen molar-refractivity contribution >= 4 is 37.2 Å². The van der Waals surface area contributed by atoms with E-state index in [2.05, 4.69) is 97.9 Å². The summed E-state index contributed by atoms with van der Waals surface area (Å²) in [5, 5.41) is 0. The Hall–Kier alpha value is -0.1000. The van der Waals surface area contributed by atoms with Gasteiger partial charge in [-0.1, -0.05) is 88.4 Å². The van der Waals surface area contributed by atoms with E-state index in [9.17, 15) is 0 Å². The molecule has 0 atom stereocenters. The highest BCUT2D eigenvalue weighted by atomic mass is 128. The molecule has 0 bridgehead atoms. The van der Waals surface area contributed by atoms with Crippen LogP contribution in [0, 0.1) is 0 Å². The van der Waals surface area contributed by atoms with Gasteiger partial charge in [0.15, 0.2) is 0 Å². The minimum atomic E-state index is 1.03. The molecule has 0 amide bonds. The summed E-state index contributed by atoms with van der Waals surface area (Å²) in [6.45, 7) is 8.00. The molecule has 0 aliphatic carbocycles. The summed E-state index contributed by atoms with van der Waals surface area (Å²) in [5.74, 6) is 0. The van der Waals surface area contributed by atoms with Crippen molar-refractivity contribution in [3.63, 3.8) is 0 Å². The lowest BCUT2D eigenvalue weighted by atomic mass is 10.1. The standard InChI is InChI=1S/C13H12.2C2H6.I2/c1-3-7-12(8-4-1)11-13-9-5-2-6-10-13;3*1-2/h1-10H,11H2;2*1-2H3;. The van der Waals surface area contributed by atoms with Gasteiger partial charge in [0.05, 0.1) is 0 Å². The molecular formula is C17H24I2. The van der Waals surface area contributed by atoms with E-state index < -0.39 is 0 Å². The van der Waals surface area contributed by atoms with E-state index >= 15 is 0 Å². The lowest BCUT2D eigenvalue weighted by Crippen LogP contribution is -1.85. The van der Waals surface area contributed by atoms with E-state index in [1.54, 1.807) is 0 Å². The molecule has 2 heteroatoms. The summed E-state index contributed by atoms with van der Waals surface area (Å²) in [7, 11) is 0. The van der Waals surface area contributed by atoms with Crippen LogP contribution >= 0.6 is 37.2 Å². The third-order valence-corrected chi connectivity index (χ3v) is 2.09. The Morgan fingerprint density at radius 2 is 0.842 bits per heavy atom. The van der Waals surface area contributed by atoms with Crippen molar-refractivity contribution < 1.29 is 0 Å². The molecule has 0 saturated heterocycles. The Kier molecular flexibility index (Phi) is 20.0. The van der Waals surface area contributed by atoms with Crippen LogP contribution in [0.3, 0.4) is 0 Å². The van der Waals surface area contributed by atoms with Gasteiger partial charge in [0.2, 0.25) is 0 Å². The molecule has 2 rings (SSSR count). The van der Waals surface area contributed by atoms with Crippen molar-refractivity contribution in [2.45, 2.75) is 34.1 Å². The topological polar surface area (TPSA) is 0 Å². The minimum absolute atomic E-state index is 1.03. The molecule has 0 nitrogen and oxygen atoms in total. The van der Waals surface area contributed by atoms with Crippen LogP contribution in [0.2, 0.25) is 0 Å². The van der Waals surface area contributed by atoms with Crippen molar-refractivity contribution in [3.05, 3.63) is 71.8 Å². The highest BCUT2D eigenvalue weighted by Gasteiger charge is 1.92. The van der Waals surface area contributed by atoms with Gasteiger partial charge >= 0.3 is 0 Å². The maximum atomic E-state index is 2.16. The van der Waals surface area contributed by atoms with Crippen molar-refractivity contribution in [2.24, 2.45) is 0 Å². The molecule has 2 aromatic carbocycles. The van der Waals surface area contributed by atoms with E-state index in [-0.39, 0.29) is 0 Å². The monoisotopic (exact) mass is 482 g/mol. The molecule has 2 aromatic rings. The van der Waals surface area contributed by atoms with Crippen LogP contribution in [0.25, 0.3) is 0 Å². The second-order valence-corrected chi connectivity index (χ2v) is 3.15. The average molecular weight is 482 g/mol. The highest BCUT2D eigenvalue weighted by molar-refractivity contribution is 15.0. The number of hydrogen-bond donors (Lipinski definition) is 0. The second-order valence-electron chi connectivity index (χ2n) is 3.15. The van der Waals surface area contributed by atoms with Gasteiger partial charge in [-0.15, -0.1) is 0 Å². The van der Waals surface area contributed by atoms with Crippen molar-refractivity contribution in [1.82, 2.24) is 0 Å². The molecule has 106 valence electrons. The molecule has 0 aromatic heterocycles. The molecule has 0 N–H and O–H groups in total. The number of hydrogen-bond acceptors (Lipinski definition) is 0. The zero-order valence-electron chi connectivity index (χ0n) is 12.2. The Morgan fingerprint density at radius 3 is 1.11 bits per heavy atom. The SMILES string of the molecule is CC.CC.II.c1ccc(Cc2ccccc2)cc1. The molecule has 0 spiro atoms. The Labute approximate surface area is 142 Å². The fourth-order valence-electron chi connectivity index (χ4n) is 1.43. The summed E-state index contributed by atoms with van der Waals surface area (Å²) in [6.07, 6.45) is 1.03. The largest absolute Gasteiger partial charge is 0.0683 e. The summed E-state index contributed by atoms with van der Waals surface area (Å²) in [4.78, 5) is 0. The summed E-state index contributed by atoms with van der Waals surface area (Å²) in [5.41, 5.74) is 2.74. The fraction of sp³-hybridized carbons (Fsp3) is 0.294. The third kappa shape index (κ3) is 11.4. The Bertz CT molecular complexity index is 320. The van der Waals surface area contributed by atoms with Crippen molar-refractivity contribution in [1.29, 1.82) is 0 Å². The zero-order chi connectivity index (χ0) is 14.9. The first kappa shape index (κ1) is 21.2. The van der Waals surface area contributed by atoms with Gasteiger partial charge in [0.1, 0.15) is 0 Å². The van der Waals surface area contributed by atoms with E-state index in [4.69, 9.17) is 0 Å². The molecule has 0 aliphatic heterocycles. The third-order valence-electron chi connectivity index (χ3n) is 2.09. The van der Waals surface area contributed by atoms with Gasteiger partial charge in [-0.2, -0.15) is 0 Å². The number of benzene rings is 2. The van der Waals surface area contributed by atoms with Crippen LogP contribution in [0.4, 0.5) is 0 Å². The Morgan fingerprint density at radius 1 is 0.579 bits per heavy atom. The van der Waals surface area contributed by atoms with Gasteiger partial charge in [-0.25, -0.2) is 0 Å². The normalized spacial score (nSPS) is 7.68. The molecule has 0 unspecified atom stereocenters. The maximum absolute atomic E-state index is 2.16. The zero-order valence-corrected chi connectivity index (χ0v) is 16.6. The predicted molar refractivity (Wildman–Crippen MR) is 106 cm³/mol. The van der Waals surface area contributed by atoms with Gasteiger partial charge < -0.3 is 0 Å². The first-order chi connectivity index (χ1) is 9.45. The highest BCUT2D eigenvalue weighted by Crippen LogP contribution is 2.07. The fourth-order valence-corrected chi connectivity index (χ4v) is 1.43. The van der Waals surface area contributed by atoms with Crippen LogP contribution < -0.4 is 0 Å². The smallest absolute Gasteiger partial charge is 0 e. The average Bonchev–Trinajstić information content (AvgIpc) is 2.55. The molecule has 0 radical (unpaired) electrons. The van der Waals surface area contributed by atoms with Crippen LogP contribution in [-0.2, 0) is 6.42 Å². The van der Waals surface area contributed by atoms with Gasteiger partial charge in [0, 0.05) is 37.2 Å². The van der Waals surface area contributed by atoms with Gasteiger partial charge in [-0.3, -0.25) is 0 Å². The maximum Gasteiger partial charge on any atom is 0 e. The quantitative estimate of drug-likeness (QED) is 0.401. The summed E-state index contributed by atoms with van der Waals surface area (Å²) in [6, 6.07) is 21.1. The van der Waals surface area contributed by atoms with Crippen molar-refractivity contribution in [3.8, 4) is 0 Å². The van der Waals surface area contributed by atoms with E-state index in [0.29, 0.717) is 0 Å². The van der Waals surface area contributed by atoms with Crippen LogP contribution in [-0.4, -0.2) is 0 Å². The first-order valence-corrected chi connectivity index (χ1v) is 13.0. The lowest BCUT2D eigenvalue weighted by molar-refractivity contribution is 1.19. The molecule has 19 heavy (non-hydrogen) atoms. The van der Waals surface area contributed by atoms with E-state index in [1.807, 2.05) is 27.7 Å². The van der Waals surface area contributed by atoms with Gasteiger partial charge in [-0.05, 0) is 17.5 Å². The Balaban J connectivity index is 0. The number of rotatable bonds is 2. The molecule has 0 saturated carbocycles. The predicted octanol–water partition coefficient (Wildman–Crippen LogP) is 7.10. The van der Waals surface area contributed by atoms with E-state index in [0.717, 1.165) is 6.42 Å². The van der Waals surface area contributed by atoms with Crippen LogP contribution in [0.15, 0.2) is 60.7 Å². The lowest BCUT2D eigenvalue weighted by Gasteiger charge is -2.00. The molecule has 0 heterocycles. The first-order valence-electron chi connectivity index (χ1n) is 6.67. The minimum Gasteiger partial charge on any atom is -0.0683 e. The summed E-state index contributed by atoms with van der Waals surface area (Å²) < 4.78 is 0. The second kappa shape index (κ2) is 17.9. The molecule has 0 fully saturated rings.